The van der Waals surface area contributed by atoms with Gasteiger partial charge in [0.25, 0.3) is 0 Å². The normalized spacial score (nSPS) is 20.5. The SMILES string of the molecule is Cc1ccncc1-c1cc(N)c2cnc(NC(=O)C3C(C)C3CC#N)cc2c1. The molecule has 3 unspecified atom stereocenters. The van der Waals surface area contributed by atoms with Gasteiger partial charge < -0.3 is 11.1 Å². The molecule has 6 nitrogen and oxygen atoms in total. The molecule has 0 aliphatic heterocycles. The van der Waals surface area contributed by atoms with Crippen LogP contribution in [0, 0.1) is 36.0 Å². The summed E-state index contributed by atoms with van der Waals surface area (Å²) in [4.78, 5) is 21.1. The van der Waals surface area contributed by atoms with E-state index in [1.807, 2.05) is 44.3 Å². The number of fused-ring (bicyclic) bond motifs is 1. The summed E-state index contributed by atoms with van der Waals surface area (Å²) in [5.74, 6) is 0.669. The number of carbonyl (C=O) groups excluding carboxylic acids is 1. The molecule has 28 heavy (non-hydrogen) atoms. The molecule has 3 N–H and O–H groups in total. The highest BCUT2D eigenvalue weighted by molar-refractivity contribution is 6.00. The fraction of sp³-hybridized carbons (Fsp3) is 0.273. The molecule has 0 saturated heterocycles. The second-order valence-corrected chi connectivity index (χ2v) is 7.45. The van der Waals surface area contributed by atoms with Crippen molar-refractivity contribution in [1.29, 1.82) is 5.26 Å². The van der Waals surface area contributed by atoms with E-state index in [0.717, 1.165) is 27.5 Å². The van der Waals surface area contributed by atoms with Crippen LogP contribution < -0.4 is 11.1 Å². The quantitative estimate of drug-likeness (QED) is 0.676. The molecule has 0 radical (unpaired) electrons. The highest BCUT2D eigenvalue weighted by Gasteiger charge is 2.51. The molecule has 6 heteroatoms. The third kappa shape index (κ3) is 3.16. The van der Waals surface area contributed by atoms with Gasteiger partial charge in [0.1, 0.15) is 5.82 Å². The van der Waals surface area contributed by atoms with Crippen molar-refractivity contribution < 1.29 is 4.79 Å². The Kier molecular flexibility index (Phi) is 4.44. The van der Waals surface area contributed by atoms with Gasteiger partial charge >= 0.3 is 0 Å². The van der Waals surface area contributed by atoms with Crippen molar-refractivity contribution in [2.75, 3.05) is 11.1 Å². The Labute approximate surface area is 163 Å². The van der Waals surface area contributed by atoms with E-state index < -0.39 is 0 Å². The third-order valence-corrected chi connectivity index (χ3v) is 5.66. The van der Waals surface area contributed by atoms with Crippen LogP contribution in [0.25, 0.3) is 21.9 Å². The van der Waals surface area contributed by atoms with Crippen LogP contribution >= 0.6 is 0 Å². The molecule has 4 rings (SSSR count). The number of carbonyl (C=O) groups is 1. The average Bonchev–Trinajstić information content (AvgIpc) is 3.31. The van der Waals surface area contributed by atoms with Crippen molar-refractivity contribution in [1.82, 2.24) is 9.97 Å². The van der Waals surface area contributed by atoms with Crippen LogP contribution in [-0.2, 0) is 4.79 Å². The van der Waals surface area contributed by atoms with E-state index in [1.165, 1.54) is 0 Å². The lowest BCUT2D eigenvalue weighted by Gasteiger charge is -2.11. The first-order chi connectivity index (χ1) is 13.5. The van der Waals surface area contributed by atoms with E-state index in [4.69, 9.17) is 11.0 Å². The minimum absolute atomic E-state index is 0.0770. The molecule has 0 bridgehead atoms. The Bertz CT molecular complexity index is 1120. The fourth-order valence-corrected chi connectivity index (χ4v) is 3.88. The van der Waals surface area contributed by atoms with Gasteiger partial charge in [0.15, 0.2) is 0 Å². The first-order valence-corrected chi connectivity index (χ1v) is 9.27. The van der Waals surface area contributed by atoms with E-state index >= 15 is 0 Å². The maximum Gasteiger partial charge on any atom is 0.229 e. The summed E-state index contributed by atoms with van der Waals surface area (Å²) in [6, 6.07) is 9.90. The molecule has 2 heterocycles. The monoisotopic (exact) mass is 371 g/mol. The zero-order valence-corrected chi connectivity index (χ0v) is 15.8. The van der Waals surface area contributed by atoms with Gasteiger partial charge in [-0.2, -0.15) is 5.26 Å². The largest absolute Gasteiger partial charge is 0.398 e. The zero-order valence-electron chi connectivity index (χ0n) is 15.8. The number of nitrogens with one attached hydrogen (secondary N) is 1. The van der Waals surface area contributed by atoms with Gasteiger partial charge in [0, 0.05) is 47.6 Å². The van der Waals surface area contributed by atoms with E-state index in [0.29, 0.717) is 17.9 Å². The number of nitrogen functional groups attached to an aromatic ring is 1. The lowest BCUT2D eigenvalue weighted by atomic mass is 9.99. The van der Waals surface area contributed by atoms with E-state index in [1.54, 1.807) is 12.4 Å². The third-order valence-electron chi connectivity index (χ3n) is 5.66. The summed E-state index contributed by atoms with van der Waals surface area (Å²) >= 11 is 0. The summed E-state index contributed by atoms with van der Waals surface area (Å²) in [5.41, 5.74) is 9.98. The lowest BCUT2D eigenvalue weighted by molar-refractivity contribution is -0.117. The summed E-state index contributed by atoms with van der Waals surface area (Å²) < 4.78 is 0. The highest BCUT2D eigenvalue weighted by atomic mass is 16.2. The first-order valence-electron chi connectivity index (χ1n) is 9.27. The number of nitrogens with zero attached hydrogens (tertiary/aromatic N) is 3. The summed E-state index contributed by atoms with van der Waals surface area (Å²) in [7, 11) is 0. The van der Waals surface area contributed by atoms with Gasteiger partial charge in [-0.1, -0.05) is 6.92 Å². The summed E-state index contributed by atoms with van der Waals surface area (Å²) in [6.07, 6.45) is 5.68. The van der Waals surface area contributed by atoms with Crippen LogP contribution in [0.1, 0.15) is 18.9 Å². The number of nitrogens with two attached hydrogens (primary N) is 1. The van der Waals surface area contributed by atoms with E-state index in [9.17, 15) is 4.79 Å². The molecule has 1 saturated carbocycles. The molecule has 1 fully saturated rings. The Morgan fingerprint density at radius 2 is 2.14 bits per heavy atom. The van der Waals surface area contributed by atoms with Crippen LogP contribution in [0.3, 0.4) is 0 Å². The molecule has 1 amide bonds. The molecule has 0 spiro atoms. The van der Waals surface area contributed by atoms with Gasteiger partial charge in [-0.05, 0) is 59.5 Å². The molecule has 2 aromatic heterocycles. The van der Waals surface area contributed by atoms with Crippen LogP contribution in [0.15, 0.2) is 42.9 Å². The molecule has 3 aromatic rings. The van der Waals surface area contributed by atoms with Crippen LogP contribution in [0.4, 0.5) is 11.5 Å². The first kappa shape index (κ1) is 17.9. The predicted molar refractivity (Wildman–Crippen MR) is 109 cm³/mol. The van der Waals surface area contributed by atoms with Crippen molar-refractivity contribution in [2.24, 2.45) is 17.8 Å². The van der Waals surface area contributed by atoms with Gasteiger partial charge in [0.05, 0.1) is 6.07 Å². The number of anilines is 2. The van der Waals surface area contributed by atoms with E-state index in [-0.39, 0.29) is 23.7 Å². The number of aromatic nitrogens is 2. The number of pyridine rings is 2. The molecule has 3 atom stereocenters. The van der Waals surface area contributed by atoms with Crippen molar-refractivity contribution in [2.45, 2.75) is 20.3 Å². The van der Waals surface area contributed by atoms with Crippen LogP contribution in [0.5, 0.6) is 0 Å². The second-order valence-electron chi connectivity index (χ2n) is 7.45. The van der Waals surface area contributed by atoms with Gasteiger partial charge in [0.2, 0.25) is 5.91 Å². The zero-order chi connectivity index (χ0) is 19.8. The van der Waals surface area contributed by atoms with Gasteiger partial charge in [-0.3, -0.25) is 9.78 Å². The van der Waals surface area contributed by atoms with Crippen LogP contribution in [-0.4, -0.2) is 15.9 Å². The molecular formula is C22H21N5O. The van der Waals surface area contributed by atoms with Crippen molar-refractivity contribution in [3.63, 3.8) is 0 Å². The number of hydrogen-bond acceptors (Lipinski definition) is 5. The topological polar surface area (TPSA) is 105 Å². The number of hydrogen-bond donors (Lipinski definition) is 2. The molecular weight excluding hydrogens is 350 g/mol. The standard InChI is InChI=1S/C22H21N5O/c1-12-4-6-25-10-17(12)14-7-15-9-20(26-11-18(15)19(24)8-14)27-22(28)21-13(2)16(21)3-5-23/h4,6-11,13,16,21H,3,24H2,1-2H3,(H,26,27,28). The predicted octanol–water partition coefficient (Wildman–Crippen LogP) is 3.92. The highest BCUT2D eigenvalue weighted by Crippen LogP contribution is 2.48. The number of nitriles is 1. The van der Waals surface area contributed by atoms with Crippen molar-refractivity contribution >= 4 is 28.2 Å². The fourth-order valence-electron chi connectivity index (χ4n) is 3.88. The number of rotatable bonds is 4. The van der Waals surface area contributed by atoms with Crippen LogP contribution in [0.2, 0.25) is 0 Å². The molecule has 1 aromatic carbocycles. The molecule has 1 aliphatic carbocycles. The average molecular weight is 371 g/mol. The summed E-state index contributed by atoms with van der Waals surface area (Å²) in [5, 5.41) is 13.5. The number of amides is 1. The number of benzene rings is 1. The van der Waals surface area contributed by atoms with Crippen molar-refractivity contribution in [3.8, 4) is 17.2 Å². The molecule has 1 aliphatic rings. The van der Waals surface area contributed by atoms with Gasteiger partial charge in [-0.15, -0.1) is 0 Å². The second kappa shape index (κ2) is 6.93. The smallest absolute Gasteiger partial charge is 0.229 e. The summed E-state index contributed by atoms with van der Waals surface area (Å²) in [6.45, 7) is 4.04. The Morgan fingerprint density at radius 3 is 2.89 bits per heavy atom. The van der Waals surface area contributed by atoms with E-state index in [2.05, 4.69) is 21.4 Å². The minimum atomic E-state index is -0.119. The Morgan fingerprint density at radius 1 is 1.32 bits per heavy atom. The maximum absolute atomic E-state index is 12.5. The number of aryl methyl sites for hydroxylation is 1. The Balaban J connectivity index is 1.64. The molecule has 140 valence electrons. The van der Waals surface area contributed by atoms with Gasteiger partial charge in [-0.25, -0.2) is 4.98 Å². The maximum atomic E-state index is 12.5. The Hall–Kier alpha value is -3.46. The minimum Gasteiger partial charge on any atom is -0.398 e. The van der Waals surface area contributed by atoms with Crippen molar-refractivity contribution in [3.05, 3.63) is 48.4 Å². The lowest BCUT2D eigenvalue weighted by Crippen LogP contribution is -2.16.